The summed E-state index contributed by atoms with van der Waals surface area (Å²) in [5, 5.41) is 0. The van der Waals surface area contributed by atoms with Crippen LogP contribution in [0.1, 0.15) is 15.9 Å². The van der Waals surface area contributed by atoms with Gasteiger partial charge < -0.3 is 15.7 Å². The van der Waals surface area contributed by atoms with E-state index in [1.165, 1.54) is 12.1 Å². The number of rotatable bonds is 2. The van der Waals surface area contributed by atoms with E-state index in [1.807, 2.05) is 0 Å². The van der Waals surface area contributed by atoms with Gasteiger partial charge in [-0.2, -0.15) is 0 Å². The van der Waals surface area contributed by atoms with Gasteiger partial charge in [-0.25, -0.2) is 9.18 Å². The molecule has 21 heavy (non-hydrogen) atoms. The van der Waals surface area contributed by atoms with Crippen molar-refractivity contribution < 1.29 is 9.18 Å². The monoisotopic (exact) mass is 349 g/mol. The molecule has 0 unspecified atom stereocenters. The van der Waals surface area contributed by atoms with Crippen molar-refractivity contribution in [2.45, 2.75) is 0 Å². The first-order chi connectivity index (χ1) is 9.95. The number of fused-ring (bicyclic) bond motifs is 1. The SMILES string of the molecule is Nc1cc(F)ccc1C(=O)c1cc2[nH]c(=O)[nH]c2cc1Br. The van der Waals surface area contributed by atoms with Crippen LogP contribution in [0.15, 0.2) is 39.6 Å². The molecular weight excluding hydrogens is 341 g/mol. The number of carbonyl (C=O) groups excluding carboxylic acids is 1. The summed E-state index contributed by atoms with van der Waals surface area (Å²) < 4.78 is 13.6. The summed E-state index contributed by atoms with van der Waals surface area (Å²) in [5.74, 6) is -0.864. The number of nitrogen functional groups attached to an aromatic ring is 1. The number of halogens is 2. The number of nitrogens with one attached hydrogen (secondary N) is 2. The van der Waals surface area contributed by atoms with Crippen LogP contribution in [0.4, 0.5) is 10.1 Å². The van der Waals surface area contributed by atoms with Gasteiger partial charge in [0.15, 0.2) is 5.78 Å². The van der Waals surface area contributed by atoms with Crippen molar-refractivity contribution in [2.75, 3.05) is 5.73 Å². The van der Waals surface area contributed by atoms with Crippen molar-refractivity contribution in [3.8, 4) is 0 Å². The Morgan fingerprint density at radius 1 is 1.10 bits per heavy atom. The van der Waals surface area contributed by atoms with Crippen molar-refractivity contribution in [1.82, 2.24) is 9.97 Å². The van der Waals surface area contributed by atoms with Gasteiger partial charge in [0.05, 0.1) is 11.0 Å². The molecule has 7 heteroatoms. The topological polar surface area (TPSA) is 91.7 Å². The Hall–Kier alpha value is -2.41. The third kappa shape index (κ3) is 2.36. The first-order valence-corrected chi connectivity index (χ1v) is 6.76. The van der Waals surface area contributed by atoms with Crippen LogP contribution in [0, 0.1) is 5.82 Å². The highest BCUT2D eigenvalue weighted by Crippen LogP contribution is 2.26. The Bertz CT molecular complexity index is 930. The Kier molecular flexibility index (Phi) is 3.13. The van der Waals surface area contributed by atoms with Crippen LogP contribution in [0.25, 0.3) is 11.0 Å². The Balaban J connectivity index is 2.16. The highest BCUT2D eigenvalue weighted by atomic mass is 79.9. The Morgan fingerprint density at radius 3 is 2.43 bits per heavy atom. The fraction of sp³-hybridized carbons (Fsp3) is 0. The Labute approximate surface area is 126 Å². The van der Waals surface area contributed by atoms with Crippen LogP contribution >= 0.6 is 15.9 Å². The van der Waals surface area contributed by atoms with E-state index in [0.717, 1.165) is 6.07 Å². The van der Waals surface area contributed by atoms with Crippen LogP contribution < -0.4 is 11.4 Å². The van der Waals surface area contributed by atoms with Gasteiger partial charge in [0.2, 0.25) is 0 Å². The molecule has 0 amide bonds. The van der Waals surface area contributed by atoms with E-state index in [-0.39, 0.29) is 22.7 Å². The molecule has 0 radical (unpaired) electrons. The number of benzene rings is 2. The van der Waals surface area contributed by atoms with Crippen LogP contribution in [0.5, 0.6) is 0 Å². The second-order valence-electron chi connectivity index (χ2n) is 4.52. The average molecular weight is 350 g/mol. The third-order valence-electron chi connectivity index (χ3n) is 3.11. The molecule has 3 rings (SSSR count). The maximum atomic E-state index is 13.1. The highest BCUT2D eigenvalue weighted by molar-refractivity contribution is 9.10. The van der Waals surface area contributed by atoms with Crippen molar-refractivity contribution in [3.63, 3.8) is 0 Å². The van der Waals surface area contributed by atoms with E-state index in [1.54, 1.807) is 12.1 Å². The van der Waals surface area contributed by atoms with E-state index < -0.39 is 5.82 Å². The highest BCUT2D eigenvalue weighted by Gasteiger charge is 2.17. The minimum atomic E-state index is -0.506. The molecule has 2 aromatic carbocycles. The summed E-state index contributed by atoms with van der Waals surface area (Å²) in [4.78, 5) is 29.0. The minimum Gasteiger partial charge on any atom is -0.398 e. The third-order valence-corrected chi connectivity index (χ3v) is 3.76. The van der Waals surface area contributed by atoms with Crippen LogP contribution in [0.3, 0.4) is 0 Å². The Morgan fingerprint density at radius 2 is 1.76 bits per heavy atom. The summed E-state index contributed by atoms with van der Waals surface area (Å²) in [6, 6.07) is 6.78. The molecule has 3 aromatic rings. The maximum Gasteiger partial charge on any atom is 0.323 e. The standard InChI is InChI=1S/C14H9BrFN3O2/c15-9-5-12-11(18-14(21)19-12)4-8(9)13(20)7-2-1-6(16)3-10(7)17/h1-5H,17H2,(H2,18,19,21). The number of hydrogen-bond acceptors (Lipinski definition) is 3. The molecule has 4 N–H and O–H groups in total. The lowest BCUT2D eigenvalue weighted by molar-refractivity contribution is 0.103. The second-order valence-corrected chi connectivity index (χ2v) is 5.37. The summed E-state index contributed by atoms with van der Waals surface area (Å²) in [5.41, 5.74) is 7.01. The molecule has 0 aliphatic carbocycles. The van der Waals surface area contributed by atoms with Crippen LogP contribution in [-0.4, -0.2) is 15.8 Å². The summed E-state index contributed by atoms with van der Waals surface area (Å²) in [7, 11) is 0. The first-order valence-electron chi connectivity index (χ1n) is 5.97. The van der Waals surface area contributed by atoms with Gasteiger partial charge in [0.1, 0.15) is 5.82 Å². The number of aromatic nitrogens is 2. The van der Waals surface area contributed by atoms with Crippen molar-refractivity contribution in [1.29, 1.82) is 0 Å². The molecule has 0 aliphatic heterocycles. The predicted molar refractivity (Wildman–Crippen MR) is 80.9 cm³/mol. The van der Waals surface area contributed by atoms with Gasteiger partial charge in [-0.1, -0.05) is 0 Å². The van der Waals surface area contributed by atoms with Crippen molar-refractivity contribution >= 4 is 38.4 Å². The molecule has 0 aliphatic rings. The largest absolute Gasteiger partial charge is 0.398 e. The van der Waals surface area contributed by atoms with E-state index in [9.17, 15) is 14.0 Å². The fourth-order valence-electron chi connectivity index (χ4n) is 2.12. The van der Waals surface area contributed by atoms with Gasteiger partial charge in [0.25, 0.3) is 0 Å². The fourth-order valence-corrected chi connectivity index (χ4v) is 2.64. The summed E-state index contributed by atoms with van der Waals surface area (Å²) >= 11 is 3.29. The number of nitrogens with two attached hydrogens (primary N) is 1. The number of imidazole rings is 1. The predicted octanol–water partition coefficient (Wildman–Crippen LogP) is 2.57. The molecule has 1 heterocycles. The molecule has 0 bridgehead atoms. The maximum absolute atomic E-state index is 13.1. The van der Waals surface area contributed by atoms with E-state index >= 15 is 0 Å². The van der Waals surface area contributed by atoms with E-state index in [2.05, 4.69) is 25.9 Å². The lowest BCUT2D eigenvalue weighted by Gasteiger charge is -2.07. The molecule has 0 saturated carbocycles. The number of anilines is 1. The normalized spacial score (nSPS) is 11.0. The number of carbonyl (C=O) groups is 1. The second kappa shape index (κ2) is 4.85. The summed E-state index contributed by atoms with van der Waals surface area (Å²) in [6.45, 7) is 0. The van der Waals surface area contributed by atoms with Crippen molar-refractivity contribution in [3.05, 3.63) is 62.2 Å². The zero-order valence-corrected chi connectivity index (χ0v) is 12.1. The number of H-pyrrole nitrogens is 2. The average Bonchev–Trinajstić information content (AvgIpc) is 2.76. The molecule has 0 saturated heterocycles. The van der Waals surface area contributed by atoms with Gasteiger partial charge in [-0.15, -0.1) is 0 Å². The quantitative estimate of drug-likeness (QED) is 0.490. The smallest absolute Gasteiger partial charge is 0.323 e. The number of ketones is 1. The molecule has 0 atom stereocenters. The minimum absolute atomic E-state index is 0.0644. The van der Waals surface area contributed by atoms with Gasteiger partial charge in [-0.05, 0) is 46.3 Å². The first kappa shape index (κ1) is 13.6. The van der Waals surface area contributed by atoms with Crippen molar-refractivity contribution in [2.24, 2.45) is 0 Å². The lowest BCUT2D eigenvalue weighted by Crippen LogP contribution is -2.06. The van der Waals surface area contributed by atoms with Crippen LogP contribution in [0.2, 0.25) is 0 Å². The molecule has 0 fully saturated rings. The van der Waals surface area contributed by atoms with Crippen LogP contribution in [-0.2, 0) is 0 Å². The number of aromatic amines is 2. The van der Waals surface area contributed by atoms with E-state index in [4.69, 9.17) is 5.73 Å². The van der Waals surface area contributed by atoms with E-state index in [0.29, 0.717) is 21.1 Å². The van der Waals surface area contributed by atoms with Gasteiger partial charge in [0, 0.05) is 21.3 Å². The van der Waals surface area contributed by atoms with Gasteiger partial charge >= 0.3 is 5.69 Å². The zero-order valence-electron chi connectivity index (χ0n) is 10.5. The summed E-state index contributed by atoms with van der Waals surface area (Å²) in [6.07, 6.45) is 0. The molecular formula is C14H9BrFN3O2. The molecule has 1 aromatic heterocycles. The molecule has 0 spiro atoms. The lowest BCUT2D eigenvalue weighted by atomic mass is 10.0. The van der Waals surface area contributed by atoms with Gasteiger partial charge in [-0.3, -0.25) is 4.79 Å². The molecule has 106 valence electrons. The molecule has 5 nitrogen and oxygen atoms in total. The zero-order chi connectivity index (χ0) is 15.1. The number of hydrogen-bond donors (Lipinski definition) is 3.